The fourth-order valence-corrected chi connectivity index (χ4v) is 1.16. The zero-order valence-corrected chi connectivity index (χ0v) is 9.08. The monoisotopic (exact) mass is 244 g/mol. The van der Waals surface area contributed by atoms with Crippen LogP contribution < -0.4 is 10.5 Å². The summed E-state index contributed by atoms with van der Waals surface area (Å²) in [6.45, 7) is 0.917. The van der Waals surface area contributed by atoms with Gasteiger partial charge < -0.3 is 10.5 Å². The highest BCUT2D eigenvalue weighted by molar-refractivity contribution is 5.51. The first-order chi connectivity index (χ1) is 7.84. The lowest BCUT2D eigenvalue weighted by Crippen LogP contribution is -2.31. The van der Waals surface area contributed by atoms with E-state index in [4.69, 9.17) is 15.7 Å². The molecule has 0 aromatic heterocycles. The number of hydrogen-bond donors (Lipinski definition) is 1. The summed E-state index contributed by atoms with van der Waals surface area (Å²) in [5.41, 5.74) is 6.38. The quantitative estimate of drug-likeness (QED) is 0.831. The Morgan fingerprint density at radius 3 is 2.65 bits per heavy atom. The Kier molecular flexibility index (Phi) is 3.84. The second-order valence-electron chi connectivity index (χ2n) is 3.50. The maximum atomic E-state index is 12.3. The molecule has 17 heavy (non-hydrogen) atoms. The van der Waals surface area contributed by atoms with Crippen molar-refractivity contribution in [3.05, 3.63) is 23.8 Å². The van der Waals surface area contributed by atoms with E-state index in [2.05, 4.69) is 0 Å². The largest absolute Gasteiger partial charge is 0.481 e. The zero-order chi connectivity index (χ0) is 13.1. The Labute approximate surface area is 96.6 Å². The molecule has 1 unspecified atom stereocenters. The third-order valence-electron chi connectivity index (χ3n) is 2.16. The van der Waals surface area contributed by atoms with E-state index in [1.165, 1.54) is 18.2 Å². The smallest absolute Gasteiger partial charge is 0.425 e. The van der Waals surface area contributed by atoms with Crippen LogP contribution in [-0.2, 0) is 6.42 Å². The Balaban J connectivity index is 2.87. The van der Waals surface area contributed by atoms with Gasteiger partial charge in [-0.15, -0.1) is 0 Å². The fourth-order valence-electron chi connectivity index (χ4n) is 1.16. The molecule has 0 radical (unpaired) electrons. The lowest BCUT2D eigenvalue weighted by molar-refractivity contribution is -0.189. The van der Waals surface area contributed by atoms with Gasteiger partial charge in [-0.2, -0.15) is 18.4 Å². The van der Waals surface area contributed by atoms with Crippen molar-refractivity contribution in [3.63, 3.8) is 0 Å². The number of halogens is 3. The highest BCUT2D eigenvalue weighted by Gasteiger charge is 2.38. The van der Waals surface area contributed by atoms with Crippen LogP contribution in [0, 0.1) is 11.3 Å². The third kappa shape index (κ3) is 3.55. The molecule has 1 atom stereocenters. The second kappa shape index (κ2) is 4.95. The van der Waals surface area contributed by atoms with Gasteiger partial charge in [-0.05, 0) is 30.7 Å². The molecule has 0 heterocycles. The molecule has 0 amide bonds. The summed E-state index contributed by atoms with van der Waals surface area (Å²) in [5.74, 6) is 0.0503. The molecule has 92 valence electrons. The van der Waals surface area contributed by atoms with E-state index in [0.717, 1.165) is 6.92 Å². The summed E-state index contributed by atoms with van der Waals surface area (Å²) in [5, 5.41) is 8.52. The molecule has 1 aromatic carbocycles. The molecule has 0 aliphatic rings. The van der Waals surface area contributed by atoms with Gasteiger partial charge in [-0.3, -0.25) is 0 Å². The van der Waals surface area contributed by atoms with Crippen molar-refractivity contribution < 1.29 is 17.9 Å². The number of nitrogens with zero attached hydrogens (tertiary/aromatic N) is 1. The molecule has 0 aliphatic carbocycles. The van der Waals surface area contributed by atoms with E-state index in [1.807, 2.05) is 6.07 Å². The number of nitrogens with two attached hydrogens (primary N) is 1. The maximum absolute atomic E-state index is 12.3. The van der Waals surface area contributed by atoms with Gasteiger partial charge in [0, 0.05) is 5.69 Å². The first kappa shape index (κ1) is 13.2. The van der Waals surface area contributed by atoms with E-state index < -0.39 is 12.3 Å². The van der Waals surface area contributed by atoms with Crippen LogP contribution in [0.25, 0.3) is 0 Å². The van der Waals surface area contributed by atoms with Crippen molar-refractivity contribution >= 4 is 5.69 Å². The van der Waals surface area contributed by atoms with Crippen LogP contribution in [0.1, 0.15) is 12.5 Å². The molecule has 0 spiro atoms. The number of alkyl halides is 3. The third-order valence-corrected chi connectivity index (χ3v) is 2.16. The highest BCUT2D eigenvalue weighted by atomic mass is 19.4. The summed E-state index contributed by atoms with van der Waals surface area (Å²) in [6.07, 6.45) is -6.29. The number of nitrogen functional groups attached to an aromatic ring is 1. The molecular formula is C11H11F3N2O. The summed E-state index contributed by atoms with van der Waals surface area (Å²) in [6, 6.07) is 5.99. The first-order valence-corrected chi connectivity index (χ1v) is 4.83. The van der Waals surface area contributed by atoms with Crippen molar-refractivity contribution in [2.24, 2.45) is 0 Å². The number of benzene rings is 1. The molecule has 0 saturated carbocycles. The van der Waals surface area contributed by atoms with Crippen molar-refractivity contribution in [3.8, 4) is 11.8 Å². The molecule has 2 N–H and O–H groups in total. The second-order valence-corrected chi connectivity index (χ2v) is 3.50. The Bertz CT molecular complexity index is 437. The van der Waals surface area contributed by atoms with Crippen molar-refractivity contribution in [1.29, 1.82) is 5.26 Å². The predicted octanol–water partition coefficient (Wildman–Crippen LogP) is 2.66. The molecule has 6 heteroatoms. The molecule has 3 nitrogen and oxygen atoms in total. The molecule has 1 aromatic rings. The first-order valence-electron chi connectivity index (χ1n) is 4.83. The van der Waals surface area contributed by atoms with Crippen LogP contribution in [0.2, 0.25) is 0 Å². The molecule has 0 fully saturated rings. The van der Waals surface area contributed by atoms with Crippen molar-refractivity contribution in [2.75, 3.05) is 5.73 Å². The van der Waals surface area contributed by atoms with E-state index in [9.17, 15) is 13.2 Å². The Morgan fingerprint density at radius 1 is 1.47 bits per heavy atom. The van der Waals surface area contributed by atoms with Gasteiger partial charge in [0.05, 0.1) is 12.5 Å². The molecule has 0 saturated heterocycles. The van der Waals surface area contributed by atoms with Crippen LogP contribution in [0.3, 0.4) is 0 Å². The van der Waals surface area contributed by atoms with E-state index in [0.29, 0.717) is 11.3 Å². The minimum Gasteiger partial charge on any atom is -0.481 e. The Morgan fingerprint density at radius 2 is 2.12 bits per heavy atom. The van der Waals surface area contributed by atoms with Gasteiger partial charge in [0.25, 0.3) is 0 Å². The van der Waals surface area contributed by atoms with Gasteiger partial charge in [0.15, 0.2) is 6.10 Å². The van der Waals surface area contributed by atoms with Gasteiger partial charge in [-0.1, -0.05) is 0 Å². The lowest BCUT2D eigenvalue weighted by atomic mass is 10.1. The SMILES string of the molecule is CC(Oc1ccc(N)c(CC#N)c1)C(F)(F)F. The summed E-state index contributed by atoms with van der Waals surface area (Å²) in [4.78, 5) is 0. The van der Waals surface area contributed by atoms with Crippen molar-refractivity contribution in [1.82, 2.24) is 0 Å². The minimum atomic E-state index is -4.42. The summed E-state index contributed by atoms with van der Waals surface area (Å²) in [7, 11) is 0. The summed E-state index contributed by atoms with van der Waals surface area (Å²) >= 11 is 0. The fraction of sp³-hybridized carbons (Fsp3) is 0.364. The molecular weight excluding hydrogens is 233 g/mol. The number of anilines is 1. The number of hydrogen-bond acceptors (Lipinski definition) is 3. The van der Waals surface area contributed by atoms with E-state index >= 15 is 0 Å². The number of rotatable bonds is 3. The highest BCUT2D eigenvalue weighted by Crippen LogP contribution is 2.27. The van der Waals surface area contributed by atoms with Gasteiger partial charge in [0.1, 0.15) is 5.75 Å². The van der Waals surface area contributed by atoms with E-state index in [-0.39, 0.29) is 12.2 Å². The van der Waals surface area contributed by atoms with Gasteiger partial charge in [-0.25, -0.2) is 0 Å². The normalized spacial score (nSPS) is 12.9. The van der Waals surface area contributed by atoms with Crippen LogP contribution >= 0.6 is 0 Å². The van der Waals surface area contributed by atoms with Crippen LogP contribution in [-0.4, -0.2) is 12.3 Å². The molecule has 1 rings (SSSR count). The topological polar surface area (TPSA) is 59.0 Å². The standard InChI is InChI=1S/C11H11F3N2O/c1-7(11(12,13)14)17-9-2-3-10(16)8(6-9)4-5-15/h2-3,6-7H,4,16H2,1H3. The minimum absolute atomic E-state index is 0.0312. The molecule has 0 aliphatic heterocycles. The number of ether oxygens (including phenoxy) is 1. The maximum Gasteiger partial charge on any atom is 0.425 e. The summed E-state index contributed by atoms with van der Waals surface area (Å²) < 4.78 is 41.5. The van der Waals surface area contributed by atoms with Gasteiger partial charge >= 0.3 is 6.18 Å². The van der Waals surface area contributed by atoms with Gasteiger partial charge in [0.2, 0.25) is 0 Å². The van der Waals surface area contributed by atoms with Crippen LogP contribution in [0.4, 0.5) is 18.9 Å². The van der Waals surface area contributed by atoms with E-state index in [1.54, 1.807) is 0 Å². The van der Waals surface area contributed by atoms with Crippen molar-refractivity contribution in [2.45, 2.75) is 25.6 Å². The lowest BCUT2D eigenvalue weighted by Gasteiger charge is -2.18. The van der Waals surface area contributed by atoms with Crippen LogP contribution in [0.5, 0.6) is 5.75 Å². The van der Waals surface area contributed by atoms with Crippen LogP contribution in [0.15, 0.2) is 18.2 Å². The number of nitriles is 1. The zero-order valence-electron chi connectivity index (χ0n) is 9.08. The molecule has 0 bridgehead atoms. The average molecular weight is 244 g/mol. The predicted molar refractivity (Wildman–Crippen MR) is 56.3 cm³/mol. The average Bonchev–Trinajstić information content (AvgIpc) is 2.22. The Hall–Kier alpha value is -1.90.